The number of piperazine rings is 1. The van der Waals surface area contributed by atoms with E-state index in [1.165, 1.54) is 5.69 Å². The number of carbonyl (C=O) groups is 2. The maximum Gasteiger partial charge on any atom is 0.228 e. The summed E-state index contributed by atoms with van der Waals surface area (Å²) in [5.74, 6) is 0.101. The smallest absolute Gasteiger partial charge is 0.228 e. The van der Waals surface area contributed by atoms with Crippen LogP contribution in [-0.4, -0.2) is 60.4 Å². The normalized spacial score (nSPS) is 22.1. The summed E-state index contributed by atoms with van der Waals surface area (Å²) in [4.78, 5) is 30.7. The molecule has 0 unspecified atom stereocenters. The van der Waals surface area contributed by atoms with Gasteiger partial charge in [0.2, 0.25) is 11.8 Å². The van der Waals surface area contributed by atoms with E-state index in [2.05, 4.69) is 17.0 Å². The molecule has 0 spiro atoms. The lowest BCUT2D eigenvalue weighted by atomic mass is 10.1. The Kier molecular flexibility index (Phi) is 4.55. The van der Waals surface area contributed by atoms with E-state index in [0.717, 1.165) is 26.2 Å². The van der Waals surface area contributed by atoms with Crippen molar-refractivity contribution in [1.29, 1.82) is 0 Å². The third-order valence-corrected chi connectivity index (χ3v) is 4.84. The second kappa shape index (κ2) is 6.60. The van der Waals surface area contributed by atoms with Crippen LogP contribution in [0.3, 0.4) is 0 Å². The average Bonchev–Trinajstić information content (AvgIpc) is 2.97. The van der Waals surface area contributed by atoms with Gasteiger partial charge < -0.3 is 14.7 Å². The van der Waals surface area contributed by atoms with Gasteiger partial charge in [-0.1, -0.05) is 18.2 Å². The van der Waals surface area contributed by atoms with E-state index in [4.69, 9.17) is 0 Å². The first kappa shape index (κ1) is 15.8. The quantitative estimate of drug-likeness (QED) is 0.851. The summed E-state index contributed by atoms with van der Waals surface area (Å²) in [6.07, 6.45) is 0.371. The van der Waals surface area contributed by atoms with E-state index < -0.39 is 0 Å². The molecule has 124 valence electrons. The molecule has 2 aliphatic heterocycles. The zero-order valence-electron chi connectivity index (χ0n) is 13.9. The molecule has 0 saturated carbocycles. The van der Waals surface area contributed by atoms with Gasteiger partial charge in [-0.25, -0.2) is 0 Å². The lowest BCUT2D eigenvalue weighted by Gasteiger charge is -2.37. The van der Waals surface area contributed by atoms with Crippen molar-refractivity contribution in [3.05, 3.63) is 30.3 Å². The van der Waals surface area contributed by atoms with Gasteiger partial charge in [-0.15, -0.1) is 0 Å². The van der Waals surface area contributed by atoms with Crippen LogP contribution in [0.25, 0.3) is 0 Å². The molecule has 0 radical (unpaired) electrons. The molecular formula is C18H25N3O2. The Bertz CT molecular complexity index is 565. The van der Waals surface area contributed by atoms with Crippen molar-refractivity contribution < 1.29 is 9.59 Å². The summed E-state index contributed by atoms with van der Waals surface area (Å²) in [5.41, 5.74) is 1.21. The summed E-state index contributed by atoms with van der Waals surface area (Å²) in [6.45, 7) is 7.76. The van der Waals surface area contributed by atoms with Crippen molar-refractivity contribution in [2.45, 2.75) is 26.3 Å². The Morgan fingerprint density at radius 1 is 1.09 bits per heavy atom. The van der Waals surface area contributed by atoms with Gasteiger partial charge in [-0.2, -0.15) is 0 Å². The molecule has 1 aromatic rings. The van der Waals surface area contributed by atoms with Crippen LogP contribution in [0.2, 0.25) is 0 Å². The first-order valence-corrected chi connectivity index (χ1v) is 8.44. The standard InChI is InChI=1S/C18H25N3O2/c1-14(2)21-13-15(12-17(21)22)18(23)20-10-8-19(9-11-20)16-6-4-3-5-7-16/h3-7,14-15H,8-13H2,1-2H3/t15-/m1/s1. The number of hydrogen-bond donors (Lipinski definition) is 0. The molecule has 2 fully saturated rings. The highest BCUT2D eigenvalue weighted by molar-refractivity contribution is 5.89. The van der Waals surface area contributed by atoms with Gasteiger partial charge >= 0.3 is 0 Å². The van der Waals surface area contributed by atoms with E-state index in [1.54, 1.807) is 0 Å². The van der Waals surface area contributed by atoms with Crippen molar-refractivity contribution in [1.82, 2.24) is 9.80 Å². The SMILES string of the molecule is CC(C)N1C[C@H](C(=O)N2CCN(c3ccccc3)CC2)CC1=O. The first-order valence-electron chi connectivity index (χ1n) is 8.44. The number of anilines is 1. The number of likely N-dealkylation sites (tertiary alicyclic amines) is 1. The number of benzene rings is 1. The topological polar surface area (TPSA) is 43.9 Å². The molecule has 2 amide bonds. The lowest BCUT2D eigenvalue weighted by molar-refractivity contribution is -0.136. The lowest BCUT2D eigenvalue weighted by Crippen LogP contribution is -2.50. The van der Waals surface area contributed by atoms with Crippen molar-refractivity contribution >= 4 is 17.5 Å². The fraction of sp³-hybridized carbons (Fsp3) is 0.556. The molecule has 0 aromatic heterocycles. The van der Waals surface area contributed by atoms with Crippen LogP contribution in [-0.2, 0) is 9.59 Å². The summed E-state index contributed by atoms with van der Waals surface area (Å²) < 4.78 is 0. The van der Waals surface area contributed by atoms with Crippen LogP contribution in [0, 0.1) is 5.92 Å². The number of nitrogens with zero attached hydrogens (tertiary/aromatic N) is 3. The van der Waals surface area contributed by atoms with Crippen molar-refractivity contribution in [2.75, 3.05) is 37.6 Å². The van der Waals surface area contributed by atoms with Gasteiger partial charge in [0.25, 0.3) is 0 Å². The number of amides is 2. The van der Waals surface area contributed by atoms with E-state index in [0.29, 0.717) is 13.0 Å². The number of hydrogen-bond acceptors (Lipinski definition) is 3. The number of carbonyl (C=O) groups excluding carboxylic acids is 2. The van der Waals surface area contributed by atoms with E-state index >= 15 is 0 Å². The fourth-order valence-corrected chi connectivity index (χ4v) is 3.48. The second-order valence-corrected chi connectivity index (χ2v) is 6.69. The monoisotopic (exact) mass is 315 g/mol. The first-order chi connectivity index (χ1) is 11.1. The zero-order valence-corrected chi connectivity index (χ0v) is 13.9. The third-order valence-electron chi connectivity index (χ3n) is 4.84. The van der Waals surface area contributed by atoms with E-state index in [-0.39, 0.29) is 23.8 Å². The minimum absolute atomic E-state index is 0.112. The summed E-state index contributed by atoms with van der Waals surface area (Å²) in [6, 6.07) is 10.5. The highest BCUT2D eigenvalue weighted by Gasteiger charge is 2.38. The molecule has 5 heteroatoms. The van der Waals surface area contributed by atoms with Gasteiger partial charge in [0.1, 0.15) is 0 Å². The number of rotatable bonds is 3. The minimum Gasteiger partial charge on any atom is -0.368 e. The molecule has 2 saturated heterocycles. The highest BCUT2D eigenvalue weighted by atomic mass is 16.2. The van der Waals surface area contributed by atoms with Crippen LogP contribution in [0.5, 0.6) is 0 Å². The molecule has 2 aliphatic rings. The molecule has 5 nitrogen and oxygen atoms in total. The average molecular weight is 315 g/mol. The fourth-order valence-electron chi connectivity index (χ4n) is 3.48. The Morgan fingerprint density at radius 3 is 2.30 bits per heavy atom. The van der Waals surface area contributed by atoms with E-state index in [1.807, 2.05) is 41.8 Å². The van der Waals surface area contributed by atoms with Crippen LogP contribution in [0.1, 0.15) is 20.3 Å². The molecule has 0 bridgehead atoms. The predicted molar refractivity (Wildman–Crippen MR) is 90.2 cm³/mol. The van der Waals surface area contributed by atoms with Gasteiger partial charge in [0, 0.05) is 50.9 Å². The van der Waals surface area contributed by atoms with Crippen LogP contribution >= 0.6 is 0 Å². The predicted octanol–water partition coefficient (Wildman–Crippen LogP) is 1.59. The maximum absolute atomic E-state index is 12.7. The Balaban J connectivity index is 1.56. The van der Waals surface area contributed by atoms with Crippen LogP contribution in [0.4, 0.5) is 5.69 Å². The maximum atomic E-state index is 12.7. The Labute approximate surface area is 137 Å². The molecule has 2 heterocycles. The van der Waals surface area contributed by atoms with Crippen molar-refractivity contribution in [2.24, 2.45) is 5.92 Å². The van der Waals surface area contributed by atoms with Gasteiger partial charge in [-0.05, 0) is 26.0 Å². The van der Waals surface area contributed by atoms with Crippen molar-refractivity contribution in [3.8, 4) is 0 Å². The summed E-state index contributed by atoms with van der Waals surface area (Å²) >= 11 is 0. The Hall–Kier alpha value is -2.04. The van der Waals surface area contributed by atoms with Gasteiger partial charge in [-0.3, -0.25) is 9.59 Å². The van der Waals surface area contributed by atoms with Crippen LogP contribution in [0.15, 0.2) is 30.3 Å². The highest BCUT2D eigenvalue weighted by Crippen LogP contribution is 2.23. The zero-order chi connectivity index (χ0) is 16.4. The molecule has 3 rings (SSSR count). The minimum atomic E-state index is -0.159. The second-order valence-electron chi connectivity index (χ2n) is 6.69. The Morgan fingerprint density at radius 2 is 1.74 bits per heavy atom. The van der Waals surface area contributed by atoms with Crippen LogP contribution < -0.4 is 4.90 Å². The van der Waals surface area contributed by atoms with Gasteiger partial charge in [0.05, 0.1) is 5.92 Å². The molecule has 1 aromatic carbocycles. The molecule has 0 aliphatic carbocycles. The third kappa shape index (κ3) is 3.33. The molecule has 1 atom stereocenters. The summed E-state index contributed by atoms with van der Waals surface area (Å²) in [5, 5.41) is 0. The van der Waals surface area contributed by atoms with E-state index in [9.17, 15) is 9.59 Å². The van der Waals surface area contributed by atoms with Gasteiger partial charge in [0.15, 0.2) is 0 Å². The molecule has 0 N–H and O–H groups in total. The van der Waals surface area contributed by atoms with Crippen molar-refractivity contribution in [3.63, 3.8) is 0 Å². The number of para-hydroxylation sites is 1. The molecule has 23 heavy (non-hydrogen) atoms. The largest absolute Gasteiger partial charge is 0.368 e. The molecular weight excluding hydrogens is 290 g/mol. The summed E-state index contributed by atoms with van der Waals surface area (Å²) in [7, 11) is 0.